The van der Waals surface area contributed by atoms with Crippen LogP contribution in [-0.2, 0) is 10.0 Å². The van der Waals surface area contributed by atoms with E-state index in [9.17, 15) is 8.42 Å². The molecule has 0 aliphatic heterocycles. The minimum absolute atomic E-state index is 0.156. The van der Waals surface area contributed by atoms with Crippen molar-refractivity contribution in [1.82, 2.24) is 4.72 Å². The highest BCUT2D eigenvalue weighted by molar-refractivity contribution is 7.90. The van der Waals surface area contributed by atoms with Gasteiger partial charge in [-0.15, -0.1) is 0 Å². The Bertz CT molecular complexity index is 522. The molecule has 1 aromatic carbocycles. The first-order chi connectivity index (χ1) is 8.42. The van der Waals surface area contributed by atoms with Crippen molar-refractivity contribution in [1.29, 1.82) is 0 Å². The maximum atomic E-state index is 12.0. The Morgan fingerprint density at radius 3 is 2.39 bits per heavy atom. The van der Waals surface area contributed by atoms with Crippen LogP contribution in [0.3, 0.4) is 0 Å². The van der Waals surface area contributed by atoms with Crippen molar-refractivity contribution in [3.63, 3.8) is 0 Å². The fourth-order valence-corrected chi connectivity index (χ4v) is 3.71. The predicted molar refractivity (Wildman–Crippen MR) is 73.5 cm³/mol. The molecule has 18 heavy (non-hydrogen) atoms. The zero-order valence-electron chi connectivity index (χ0n) is 10.8. The summed E-state index contributed by atoms with van der Waals surface area (Å²) in [5, 5.41) is -0.205. The summed E-state index contributed by atoms with van der Waals surface area (Å²) in [5.41, 5.74) is 7.43. The van der Waals surface area contributed by atoms with E-state index in [0.29, 0.717) is 5.69 Å². The second-order valence-corrected chi connectivity index (χ2v) is 7.21. The summed E-state index contributed by atoms with van der Waals surface area (Å²) in [6.07, 6.45) is 1.54. The molecule has 2 rings (SSSR count). The summed E-state index contributed by atoms with van der Waals surface area (Å²) < 4.78 is 26.9. The quantitative estimate of drug-likeness (QED) is 0.803. The van der Waals surface area contributed by atoms with Gasteiger partial charge in [0.05, 0.1) is 11.3 Å². The summed E-state index contributed by atoms with van der Waals surface area (Å²) in [6.45, 7) is 3.99. The zero-order chi connectivity index (χ0) is 13.3. The number of nitrogens with two attached hydrogens (primary N) is 1. The molecule has 1 fully saturated rings. The Kier molecular flexibility index (Phi) is 3.64. The molecular formula is C13H20N2O2S. The van der Waals surface area contributed by atoms with E-state index in [4.69, 9.17) is 5.73 Å². The summed E-state index contributed by atoms with van der Waals surface area (Å²) in [4.78, 5) is 0. The third kappa shape index (κ3) is 2.84. The van der Waals surface area contributed by atoms with Gasteiger partial charge in [0.15, 0.2) is 0 Å². The number of hydrogen-bond donors (Lipinski definition) is 2. The molecule has 0 saturated heterocycles. The first-order valence-electron chi connectivity index (χ1n) is 6.27. The number of hydrogen-bond acceptors (Lipinski definition) is 3. The predicted octanol–water partition coefficient (Wildman–Crippen LogP) is 2.05. The van der Waals surface area contributed by atoms with Crippen molar-refractivity contribution in [2.45, 2.75) is 38.0 Å². The second kappa shape index (κ2) is 4.90. The van der Waals surface area contributed by atoms with Gasteiger partial charge in [-0.25, -0.2) is 13.1 Å². The van der Waals surface area contributed by atoms with Gasteiger partial charge in [-0.1, -0.05) is 32.0 Å². The fourth-order valence-electron chi connectivity index (χ4n) is 2.00. The molecular weight excluding hydrogens is 248 g/mol. The van der Waals surface area contributed by atoms with Crippen molar-refractivity contribution < 1.29 is 8.42 Å². The SMILES string of the molecule is CC(C)[C@H](NS(=O)(=O)C1CC1)c1ccccc1N. The number of sulfonamides is 1. The van der Waals surface area contributed by atoms with Crippen molar-refractivity contribution in [3.8, 4) is 0 Å². The maximum absolute atomic E-state index is 12.0. The lowest BCUT2D eigenvalue weighted by Crippen LogP contribution is -2.34. The summed E-state index contributed by atoms with van der Waals surface area (Å²) in [7, 11) is -3.20. The van der Waals surface area contributed by atoms with Crippen LogP contribution in [0.1, 0.15) is 38.3 Å². The molecule has 0 bridgehead atoms. The van der Waals surface area contributed by atoms with E-state index in [0.717, 1.165) is 18.4 Å². The highest BCUT2D eigenvalue weighted by Gasteiger charge is 2.37. The smallest absolute Gasteiger partial charge is 0.215 e. The summed E-state index contributed by atoms with van der Waals surface area (Å²) >= 11 is 0. The van der Waals surface area contributed by atoms with E-state index >= 15 is 0 Å². The maximum Gasteiger partial charge on any atom is 0.215 e. The molecule has 0 spiro atoms. The van der Waals surface area contributed by atoms with Gasteiger partial charge in [0.2, 0.25) is 10.0 Å². The number of anilines is 1. The van der Waals surface area contributed by atoms with Crippen LogP contribution in [0.15, 0.2) is 24.3 Å². The van der Waals surface area contributed by atoms with Crippen molar-refractivity contribution in [2.24, 2.45) is 5.92 Å². The molecule has 1 aliphatic rings. The molecule has 0 radical (unpaired) electrons. The highest BCUT2D eigenvalue weighted by atomic mass is 32.2. The molecule has 4 nitrogen and oxygen atoms in total. The number of benzene rings is 1. The van der Waals surface area contributed by atoms with Gasteiger partial charge in [-0.2, -0.15) is 0 Å². The van der Waals surface area contributed by atoms with Crippen LogP contribution < -0.4 is 10.5 Å². The monoisotopic (exact) mass is 268 g/mol. The van der Waals surface area contributed by atoms with Crippen molar-refractivity contribution in [3.05, 3.63) is 29.8 Å². The molecule has 0 heterocycles. The highest BCUT2D eigenvalue weighted by Crippen LogP contribution is 2.32. The van der Waals surface area contributed by atoms with E-state index in [1.807, 2.05) is 32.0 Å². The molecule has 1 aromatic rings. The first-order valence-corrected chi connectivity index (χ1v) is 7.82. The number of para-hydroxylation sites is 1. The average molecular weight is 268 g/mol. The zero-order valence-corrected chi connectivity index (χ0v) is 11.6. The Labute approximate surface area is 109 Å². The van der Waals surface area contributed by atoms with Crippen LogP contribution in [0.5, 0.6) is 0 Å². The van der Waals surface area contributed by atoms with Gasteiger partial charge >= 0.3 is 0 Å². The van der Waals surface area contributed by atoms with Gasteiger partial charge in [0, 0.05) is 5.69 Å². The van der Waals surface area contributed by atoms with Crippen LogP contribution in [0.2, 0.25) is 0 Å². The fraction of sp³-hybridized carbons (Fsp3) is 0.538. The molecule has 3 N–H and O–H groups in total. The average Bonchev–Trinajstić information content (AvgIpc) is 3.10. The molecule has 100 valence electrons. The molecule has 1 atom stereocenters. The first kappa shape index (κ1) is 13.4. The molecule has 0 aromatic heterocycles. The number of nitrogens with one attached hydrogen (secondary N) is 1. The van der Waals surface area contributed by atoms with Gasteiger partial charge < -0.3 is 5.73 Å². The lowest BCUT2D eigenvalue weighted by molar-refractivity contribution is 0.463. The largest absolute Gasteiger partial charge is 0.398 e. The van der Waals surface area contributed by atoms with Crippen LogP contribution in [0, 0.1) is 5.92 Å². The molecule has 1 saturated carbocycles. The summed E-state index contributed by atoms with van der Waals surface area (Å²) in [5.74, 6) is 0.156. The van der Waals surface area contributed by atoms with Gasteiger partial charge in [0.1, 0.15) is 0 Å². The number of rotatable bonds is 5. The minimum Gasteiger partial charge on any atom is -0.398 e. The Balaban J connectivity index is 2.27. The molecule has 0 amide bonds. The molecule has 5 heteroatoms. The number of nitrogen functional groups attached to an aromatic ring is 1. The third-order valence-electron chi connectivity index (χ3n) is 3.25. The van der Waals surface area contributed by atoms with E-state index in [-0.39, 0.29) is 17.2 Å². The second-order valence-electron chi connectivity index (χ2n) is 5.21. The molecule has 0 unspecified atom stereocenters. The van der Waals surface area contributed by atoms with Gasteiger partial charge in [-0.05, 0) is 30.4 Å². The van der Waals surface area contributed by atoms with E-state index in [1.54, 1.807) is 6.07 Å². The van der Waals surface area contributed by atoms with Gasteiger partial charge in [0.25, 0.3) is 0 Å². The Morgan fingerprint density at radius 2 is 1.89 bits per heavy atom. The lowest BCUT2D eigenvalue weighted by atomic mass is 9.96. The van der Waals surface area contributed by atoms with Crippen LogP contribution in [0.4, 0.5) is 5.69 Å². The lowest BCUT2D eigenvalue weighted by Gasteiger charge is -2.24. The van der Waals surface area contributed by atoms with Gasteiger partial charge in [-0.3, -0.25) is 0 Å². The van der Waals surface area contributed by atoms with Crippen LogP contribution in [0.25, 0.3) is 0 Å². The third-order valence-corrected chi connectivity index (χ3v) is 5.18. The van der Waals surface area contributed by atoms with Crippen molar-refractivity contribution in [2.75, 3.05) is 5.73 Å². The topological polar surface area (TPSA) is 72.2 Å². The van der Waals surface area contributed by atoms with E-state index in [2.05, 4.69) is 4.72 Å². The summed E-state index contributed by atoms with van der Waals surface area (Å²) in [6, 6.07) is 7.17. The normalized spacial score (nSPS) is 17.9. The molecule has 1 aliphatic carbocycles. The van der Waals surface area contributed by atoms with Crippen molar-refractivity contribution >= 4 is 15.7 Å². The van der Waals surface area contributed by atoms with E-state index < -0.39 is 10.0 Å². The van der Waals surface area contributed by atoms with Crippen LogP contribution >= 0.6 is 0 Å². The standard InChI is InChI=1S/C13H20N2O2S/c1-9(2)13(11-5-3-4-6-12(11)14)15-18(16,17)10-7-8-10/h3-6,9-10,13,15H,7-8,14H2,1-2H3/t13-/m0/s1. The van der Waals surface area contributed by atoms with Crippen LogP contribution in [-0.4, -0.2) is 13.7 Å². The minimum atomic E-state index is -3.20. The Morgan fingerprint density at radius 1 is 1.28 bits per heavy atom. The van der Waals surface area contributed by atoms with E-state index in [1.165, 1.54) is 0 Å². The Hall–Kier alpha value is -1.07.